The smallest absolute Gasteiger partial charge is 0.0548 e. The van der Waals surface area contributed by atoms with Gasteiger partial charge in [0.15, 0.2) is 0 Å². The number of piperidine rings is 1. The third-order valence-corrected chi connectivity index (χ3v) is 7.41. The Kier molecular flexibility index (Phi) is 4.59. The van der Waals surface area contributed by atoms with Crippen LogP contribution in [0.2, 0.25) is 5.02 Å². The fourth-order valence-electron chi connectivity index (χ4n) is 4.34. The first-order valence-corrected chi connectivity index (χ1v) is 9.96. The second kappa shape index (κ2) is 6.70. The van der Waals surface area contributed by atoms with Gasteiger partial charge in [0.2, 0.25) is 0 Å². The topological polar surface area (TPSA) is 16.1 Å². The van der Waals surface area contributed by atoms with Gasteiger partial charge in [0, 0.05) is 40.2 Å². The predicted molar refractivity (Wildman–Crippen MR) is 103 cm³/mol. The zero-order valence-electron chi connectivity index (χ0n) is 14.2. The van der Waals surface area contributed by atoms with Crippen molar-refractivity contribution in [3.8, 4) is 11.1 Å². The molecule has 1 aromatic heterocycles. The molecule has 0 spiro atoms. The highest BCUT2D eigenvalue weighted by Gasteiger charge is 2.43. The van der Waals surface area contributed by atoms with Crippen molar-refractivity contribution in [2.24, 2.45) is 5.92 Å². The maximum absolute atomic E-state index is 6.59. The molecule has 4 heteroatoms. The van der Waals surface area contributed by atoms with E-state index in [4.69, 9.17) is 11.6 Å². The Hall–Kier alpha value is -1.03. The summed E-state index contributed by atoms with van der Waals surface area (Å²) >= 11 is 8.56. The normalized spacial score (nSPS) is 29.8. The molecule has 2 fully saturated rings. The third-order valence-electron chi connectivity index (χ3n) is 5.66. The van der Waals surface area contributed by atoms with E-state index in [9.17, 15) is 0 Å². The highest BCUT2D eigenvalue weighted by Crippen LogP contribution is 2.45. The second-order valence-corrected chi connectivity index (χ2v) is 8.95. The highest BCUT2D eigenvalue weighted by atomic mass is 35.5. The highest BCUT2D eigenvalue weighted by molar-refractivity contribution is 8.00. The van der Waals surface area contributed by atoms with Gasteiger partial charge < -0.3 is 4.90 Å². The number of aromatic nitrogens is 1. The summed E-state index contributed by atoms with van der Waals surface area (Å²) in [7, 11) is 2.30. The van der Waals surface area contributed by atoms with Gasteiger partial charge in [0.25, 0.3) is 0 Å². The number of pyridine rings is 1. The van der Waals surface area contributed by atoms with Crippen molar-refractivity contribution in [3.63, 3.8) is 0 Å². The summed E-state index contributed by atoms with van der Waals surface area (Å²) in [6.45, 7) is 2.41. The molecule has 24 heavy (non-hydrogen) atoms. The number of halogens is 1. The Labute approximate surface area is 153 Å². The first-order valence-electron chi connectivity index (χ1n) is 8.70. The summed E-state index contributed by atoms with van der Waals surface area (Å²) < 4.78 is 0. The SMILES string of the molecule is C[C@@H]1C[C@H]2C[C@H](Sc3ccc(-c4cccnc4)cc3Cl)C[C@@H]1N2C. The van der Waals surface area contributed by atoms with Crippen molar-refractivity contribution >= 4 is 23.4 Å². The van der Waals surface area contributed by atoms with Gasteiger partial charge in [-0.2, -0.15) is 0 Å². The van der Waals surface area contributed by atoms with Gasteiger partial charge in [-0.15, -0.1) is 11.8 Å². The first-order chi connectivity index (χ1) is 11.6. The van der Waals surface area contributed by atoms with Crippen LogP contribution < -0.4 is 0 Å². The minimum atomic E-state index is 0.683. The third kappa shape index (κ3) is 3.10. The predicted octanol–water partition coefficient (Wildman–Crippen LogP) is 5.37. The Balaban J connectivity index is 1.50. The van der Waals surface area contributed by atoms with Crippen LogP contribution in [0.1, 0.15) is 26.2 Å². The molecule has 0 N–H and O–H groups in total. The summed E-state index contributed by atoms with van der Waals surface area (Å²) in [6.07, 6.45) is 7.59. The first kappa shape index (κ1) is 16.4. The Morgan fingerprint density at radius 1 is 1.17 bits per heavy atom. The van der Waals surface area contributed by atoms with Crippen LogP contribution in [0, 0.1) is 5.92 Å². The molecule has 2 bridgehead atoms. The molecule has 0 radical (unpaired) electrons. The molecule has 0 aliphatic carbocycles. The summed E-state index contributed by atoms with van der Waals surface area (Å²) in [5.74, 6) is 0.828. The number of thioether (sulfide) groups is 1. The number of rotatable bonds is 3. The minimum absolute atomic E-state index is 0.683. The zero-order valence-corrected chi connectivity index (χ0v) is 15.7. The van der Waals surface area contributed by atoms with E-state index in [-0.39, 0.29) is 0 Å². The Morgan fingerprint density at radius 3 is 2.75 bits per heavy atom. The van der Waals surface area contributed by atoms with Crippen LogP contribution in [0.25, 0.3) is 11.1 Å². The lowest BCUT2D eigenvalue weighted by Gasteiger charge is -2.36. The van der Waals surface area contributed by atoms with Crippen molar-refractivity contribution in [1.82, 2.24) is 9.88 Å². The van der Waals surface area contributed by atoms with Gasteiger partial charge in [-0.05, 0) is 56.0 Å². The van der Waals surface area contributed by atoms with Crippen LogP contribution in [-0.2, 0) is 0 Å². The van der Waals surface area contributed by atoms with E-state index in [1.165, 1.54) is 24.2 Å². The van der Waals surface area contributed by atoms with Crippen LogP contribution in [-0.4, -0.2) is 34.3 Å². The fourth-order valence-corrected chi connectivity index (χ4v) is 5.94. The van der Waals surface area contributed by atoms with Crippen LogP contribution in [0.3, 0.4) is 0 Å². The monoisotopic (exact) mass is 358 g/mol. The molecule has 2 aromatic rings. The molecule has 2 saturated heterocycles. The molecule has 3 heterocycles. The van der Waals surface area contributed by atoms with Gasteiger partial charge in [-0.25, -0.2) is 0 Å². The number of benzene rings is 1. The van der Waals surface area contributed by atoms with Gasteiger partial charge in [-0.3, -0.25) is 4.98 Å². The van der Waals surface area contributed by atoms with Crippen LogP contribution in [0.4, 0.5) is 0 Å². The Bertz CT molecular complexity index is 721. The van der Waals surface area contributed by atoms with Crippen LogP contribution in [0.5, 0.6) is 0 Å². The van der Waals surface area contributed by atoms with Crippen molar-refractivity contribution < 1.29 is 0 Å². The molecule has 2 aliphatic rings. The standard InChI is InChI=1S/C20H23ClN2S/c1-13-8-16-10-17(11-19(13)23(16)2)24-20-6-5-14(9-18(20)21)15-4-3-7-22-12-15/h3-7,9,12-13,16-17,19H,8,10-11H2,1-2H3/t13-,16+,17+,19+/m1/s1. The van der Waals surface area contributed by atoms with E-state index in [1.807, 2.05) is 24.0 Å². The molecule has 2 aliphatic heterocycles. The van der Waals surface area contributed by atoms with E-state index < -0.39 is 0 Å². The summed E-state index contributed by atoms with van der Waals surface area (Å²) in [4.78, 5) is 8.01. The van der Waals surface area contributed by atoms with Crippen molar-refractivity contribution in [3.05, 3.63) is 47.7 Å². The molecule has 4 atom stereocenters. The van der Waals surface area contributed by atoms with Gasteiger partial charge in [-0.1, -0.05) is 30.7 Å². The van der Waals surface area contributed by atoms with E-state index in [0.717, 1.165) is 34.2 Å². The molecule has 0 saturated carbocycles. The van der Waals surface area contributed by atoms with E-state index in [1.54, 1.807) is 6.20 Å². The lowest BCUT2D eigenvalue weighted by molar-refractivity contribution is 0.172. The largest absolute Gasteiger partial charge is 0.300 e. The summed E-state index contributed by atoms with van der Waals surface area (Å²) in [5.41, 5.74) is 2.25. The molecular weight excluding hydrogens is 336 g/mol. The van der Waals surface area contributed by atoms with E-state index >= 15 is 0 Å². The minimum Gasteiger partial charge on any atom is -0.300 e. The molecule has 4 rings (SSSR count). The maximum atomic E-state index is 6.59. The van der Waals surface area contributed by atoms with Gasteiger partial charge in [0.1, 0.15) is 0 Å². The van der Waals surface area contributed by atoms with Gasteiger partial charge in [0.05, 0.1) is 5.02 Å². The van der Waals surface area contributed by atoms with Crippen molar-refractivity contribution in [2.75, 3.05) is 7.05 Å². The average Bonchev–Trinajstić information content (AvgIpc) is 2.75. The molecule has 126 valence electrons. The number of nitrogens with zero attached hydrogens (tertiary/aromatic N) is 2. The van der Waals surface area contributed by atoms with Crippen LogP contribution in [0.15, 0.2) is 47.6 Å². The zero-order chi connectivity index (χ0) is 16.7. The molecular formula is C20H23ClN2S. The number of fused-ring (bicyclic) bond motifs is 2. The van der Waals surface area contributed by atoms with E-state index in [0.29, 0.717) is 5.25 Å². The summed E-state index contributed by atoms with van der Waals surface area (Å²) in [5, 5.41) is 1.54. The van der Waals surface area contributed by atoms with Crippen molar-refractivity contribution in [1.29, 1.82) is 0 Å². The Morgan fingerprint density at radius 2 is 2.04 bits per heavy atom. The van der Waals surface area contributed by atoms with E-state index in [2.05, 4.69) is 48.1 Å². The number of hydrogen-bond donors (Lipinski definition) is 0. The molecule has 1 aromatic carbocycles. The van der Waals surface area contributed by atoms with Crippen LogP contribution >= 0.6 is 23.4 Å². The fraction of sp³-hybridized carbons (Fsp3) is 0.450. The van der Waals surface area contributed by atoms with Gasteiger partial charge >= 0.3 is 0 Å². The molecule has 2 nitrogen and oxygen atoms in total. The lowest BCUT2D eigenvalue weighted by atomic mass is 9.99. The average molecular weight is 359 g/mol. The molecule has 0 amide bonds. The lowest BCUT2D eigenvalue weighted by Crippen LogP contribution is -2.42. The van der Waals surface area contributed by atoms with Crippen molar-refractivity contribution in [2.45, 2.75) is 48.4 Å². The second-order valence-electron chi connectivity index (χ2n) is 7.20. The molecule has 0 unspecified atom stereocenters. The quantitative estimate of drug-likeness (QED) is 0.734. The summed E-state index contributed by atoms with van der Waals surface area (Å²) in [6, 6.07) is 12.0. The maximum Gasteiger partial charge on any atom is 0.0548 e. The number of hydrogen-bond acceptors (Lipinski definition) is 3.